The Morgan fingerprint density at radius 3 is 2.07 bits per heavy atom. The Balaban J connectivity index is 2.21. The van der Waals surface area contributed by atoms with Crippen molar-refractivity contribution in [1.82, 2.24) is 0 Å². The molecule has 2 N–H and O–H groups in total. The van der Waals surface area contributed by atoms with Gasteiger partial charge in [-0.05, 0) is 46.8 Å². The van der Waals surface area contributed by atoms with Gasteiger partial charge >= 0.3 is 11.9 Å². The van der Waals surface area contributed by atoms with Gasteiger partial charge in [-0.3, -0.25) is 0 Å². The quantitative estimate of drug-likeness (QED) is 0.316. The van der Waals surface area contributed by atoms with Crippen LogP contribution < -0.4 is 23.7 Å². The van der Waals surface area contributed by atoms with E-state index in [-0.39, 0.29) is 52.2 Å². The van der Waals surface area contributed by atoms with Crippen LogP contribution in [0.15, 0.2) is 35.4 Å². The van der Waals surface area contributed by atoms with E-state index < -0.39 is 35.7 Å². The number of carbonyl (C=O) groups excluding carboxylic acids is 2. The van der Waals surface area contributed by atoms with Crippen molar-refractivity contribution in [2.24, 2.45) is 5.92 Å². The fraction of sp³-hybridized carbons (Fsp3) is 0.438. The fourth-order valence-corrected chi connectivity index (χ4v) is 5.29. The number of phenols is 1. The maximum absolute atomic E-state index is 13.2. The summed E-state index contributed by atoms with van der Waals surface area (Å²) in [6.07, 6.45) is 0.635. The first-order valence-corrected chi connectivity index (χ1v) is 13.8. The van der Waals surface area contributed by atoms with Crippen LogP contribution in [0.5, 0.6) is 34.5 Å². The lowest BCUT2D eigenvalue weighted by molar-refractivity contribution is -0.181. The maximum atomic E-state index is 13.2. The molecule has 43 heavy (non-hydrogen) atoms. The lowest BCUT2D eigenvalue weighted by atomic mass is 9.71. The van der Waals surface area contributed by atoms with Crippen LogP contribution in [0.3, 0.4) is 0 Å². The van der Waals surface area contributed by atoms with E-state index in [0.717, 1.165) is 0 Å². The number of hydrogen-bond donors (Lipinski definition) is 2. The zero-order valence-corrected chi connectivity index (χ0v) is 25.8. The van der Waals surface area contributed by atoms with Crippen molar-refractivity contribution in [2.45, 2.75) is 59.4 Å². The van der Waals surface area contributed by atoms with Gasteiger partial charge in [-0.1, -0.05) is 19.1 Å². The first kappa shape index (κ1) is 31.6. The highest BCUT2D eigenvalue weighted by Gasteiger charge is 2.51. The smallest absolute Gasteiger partial charge is 0.334 e. The Morgan fingerprint density at radius 2 is 1.51 bits per heavy atom. The Morgan fingerprint density at radius 1 is 0.907 bits per heavy atom. The Kier molecular flexibility index (Phi) is 8.87. The second-order valence-corrected chi connectivity index (χ2v) is 10.6. The molecule has 0 amide bonds. The van der Waals surface area contributed by atoms with Gasteiger partial charge in [-0.15, -0.1) is 0 Å². The highest BCUT2D eigenvalue weighted by Crippen LogP contribution is 2.61. The summed E-state index contributed by atoms with van der Waals surface area (Å²) in [5.74, 6) is -1.77. The number of hydrogen-bond acceptors (Lipinski definition) is 11. The van der Waals surface area contributed by atoms with Crippen molar-refractivity contribution in [2.75, 3.05) is 28.1 Å². The van der Waals surface area contributed by atoms with Crippen LogP contribution in [0, 0.1) is 5.92 Å². The van der Waals surface area contributed by atoms with E-state index in [1.54, 1.807) is 52.8 Å². The zero-order valence-electron chi connectivity index (χ0n) is 25.8. The minimum absolute atomic E-state index is 0.0202. The third kappa shape index (κ3) is 5.22. The van der Waals surface area contributed by atoms with E-state index >= 15 is 0 Å². The Hall–Kier alpha value is -4.38. The summed E-state index contributed by atoms with van der Waals surface area (Å²) in [6.45, 7) is 9.65. The molecule has 0 unspecified atom stereocenters. The molecule has 0 spiro atoms. The van der Waals surface area contributed by atoms with Crippen molar-refractivity contribution in [3.05, 3.63) is 46.6 Å². The van der Waals surface area contributed by atoms with E-state index in [9.17, 15) is 19.8 Å². The molecule has 11 heteroatoms. The minimum Gasteiger partial charge on any atom is -0.504 e. The van der Waals surface area contributed by atoms with Gasteiger partial charge in [0.1, 0.15) is 11.7 Å². The molecule has 1 aliphatic carbocycles. The second-order valence-electron chi connectivity index (χ2n) is 10.6. The molecular formula is C32H38O11. The first-order chi connectivity index (χ1) is 20.4. The molecule has 4 rings (SSSR count). The summed E-state index contributed by atoms with van der Waals surface area (Å²) in [4.78, 5) is 26.5. The fourth-order valence-electron chi connectivity index (χ4n) is 5.29. The molecular weight excluding hydrogens is 560 g/mol. The van der Waals surface area contributed by atoms with Crippen LogP contribution >= 0.6 is 0 Å². The number of rotatable bonds is 7. The SMILES string of the molecule is C/C=C(/C)C(=O)O[C@@H]1c2cc3c(c(OC)c2-c2c(cc(OC)c(OC)c2O)[C@@H](OC(=O)/C(C)=C\C)[C@@](C)(O)[C@H]1C)OCO3. The van der Waals surface area contributed by atoms with E-state index in [0.29, 0.717) is 22.5 Å². The number of ether oxygens (including phenoxy) is 7. The zero-order chi connectivity index (χ0) is 31.8. The lowest BCUT2D eigenvalue weighted by Gasteiger charge is -2.43. The van der Waals surface area contributed by atoms with Gasteiger partial charge in [-0.2, -0.15) is 0 Å². The molecule has 0 aromatic heterocycles. The van der Waals surface area contributed by atoms with E-state index in [2.05, 4.69) is 0 Å². The number of methoxy groups -OCH3 is 3. The Bertz CT molecular complexity index is 1500. The van der Waals surface area contributed by atoms with Crippen molar-refractivity contribution < 1.29 is 53.0 Å². The number of fused-ring (bicyclic) bond motifs is 4. The van der Waals surface area contributed by atoms with Crippen LogP contribution in [0.4, 0.5) is 0 Å². The van der Waals surface area contributed by atoms with E-state index in [1.165, 1.54) is 34.3 Å². The molecule has 0 saturated carbocycles. The number of allylic oxidation sites excluding steroid dienone is 2. The summed E-state index contributed by atoms with van der Waals surface area (Å²) < 4.78 is 40.5. The summed E-state index contributed by atoms with van der Waals surface area (Å²) in [7, 11) is 4.18. The molecule has 0 bridgehead atoms. The molecule has 2 aliphatic rings. The van der Waals surface area contributed by atoms with Gasteiger partial charge in [0.25, 0.3) is 0 Å². The lowest BCUT2D eigenvalue weighted by Crippen LogP contribution is -2.46. The van der Waals surface area contributed by atoms with Crippen LogP contribution in [0.25, 0.3) is 11.1 Å². The molecule has 0 saturated heterocycles. The standard InChI is InChI=1S/C32H38O11/c1-10-15(3)30(34)42-25-17(5)32(6,36)29(43-31(35)16(4)11-2)19-13-20(37-7)26(38-8)24(33)22(19)23-18(25)12-21-27(28(23)39-9)41-14-40-21/h10-13,17,25,29,33,36H,14H2,1-9H3/b15-10-,16-11-/t17-,25-,29+,32-/m0/s1. The molecule has 1 heterocycles. The molecule has 4 atom stereocenters. The number of phenolic OH excluding ortho intramolecular Hbond substituents is 1. The first-order valence-electron chi connectivity index (χ1n) is 13.8. The minimum atomic E-state index is -1.89. The van der Waals surface area contributed by atoms with Gasteiger partial charge in [0.05, 0.1) is 21.3 Å². The number of benzene rings is 2. The van der Waals surface area contributed by atoms with Gasteiger partial charge in [0.2, 0.25) is 18.3 Å². The molecule has 2 aromatic carbocycles. The summed E-state index contributed by atoms with van der Waals surface area (Å²) in [5, 5.41) is 24.2. The number of aromatic hydroxyl groups is 1. The summed E-state index contributed by atoms with van der Waals surface area (Å²) in [6, 6.07) is 3.16. The van der Waals surface area contributed by atoms with Crippen molar-refractivity contribution >= 4 is 11.9 Å². The van der Waals surface area contributed by atoms with Gasteiger partial charge in [-0.25, -0.2) is 9.59 Å². The highest BCUT2D eigenvalue weighted by atomic mass is 16.7. The summed E-state index contributed by atoms with van der Waals surface area (Å²) >= 11 is 0. The monoisotopic (exact) mass is 598 g/mol. The van der Waals surface area contributed by atoms with E-state index in [4.69, 9.17) is 33.2 Å². The van der Waals surface area contributed by atoms with Crippen LogP contribution in [0.1, 0.15) is 64.9 Å². The number of carbonyl (C=O) groups is 2. The second kappa shape index (κ2) is 12.1. The third-order valence-electron chi connectivity index (χ3n) is 8.24. The number of aliphatic hydroxyl groups is 1. The predicted molar refractivity (Wildman–Crippen MR) is 156 cm³/mol. The van der Waals surface area contributed by atoms with Crippen LogP contribution in [-0.4, -0.2) is 55.9 Å². The van der Waals surface area contributed by atoms with E-state index in [1.807, 2.05) is 0 Å². The highest BCUT2D eigenvalue weighted by molar-refractivity contribution is 5.92. The van der Waals surface area contributed by atoms with Crippen LogP contribution in [0.2, 0.25) is 0 Å². The molecule has 11 nitrogen and oxygen atoms in total. The topological polar surface area (TPSA) is 139 Å². The largest absolute Gasteiger partial charge is 0.504 e. The molecule has 2 aromatic rings. The molecule has 232 valence electrons. The average molecular weight is 599 g/mol. The Labute approximate surface area is 250 Å². The molecule has 0 radical (unpaired) electrons. The van der Waals surface area contributed by atoms with Gasteiger partial charge in [0, 0.05) is 39.3 Å². The maximum Gasteiger partial charge on any atom is 0.334 e. The van der Waals surface area contributed by atoms with Gasteiger partial charge < -0.3 is 43.4 Å². The molecule has 1 aliphatic heterocycles. The predicted octanol–water partition coefficient (Wildman–Crippen LogP) is 5.32. The molecule has 0 fully saturated rings. The van der Waals surface area contributed by atoms with Crippen molar-refractivity contribution in [3.8, 4) is 45.6 Å². The third-order valence-corrected chi connectivity index (χ3v) is 8.24. The average Bonchev–Trinajstić information content (AvgIpc) is 3.47. The van der Waals surface area contributed by atoms with Crippen molar-refractivity contribution in [1.29, 1.82) is 0 Å². The normalized spacial score (nSPS) is 22.9. The summed E-state index contributed by atoms with van der Waals surface area (Å²) in [5.41, 5.74) is -0.353. The van der Waals surface area contributed by atoms with Crippen molar-refractivity contribution in [3.63, 3.8) is 0 Å². The van der Waals surface area contributed by atoms with Gasteiger partial charge in [0.15, 0.2) is 29.1 Å². The number of esters is 2. The van der Waals surface area contributed by atoms with Crippen LogP contribution in [-0.2, 0) is 19.1 Å².